The van der Waals surface area contributed by atoms with Crippen LogP contribution in [-0.2, 0) is 20.9 Å². The first kappa shape index (κ1) is 12.3. The van der Waals surface area contributed by atoms with Gasteiger partial charge in [-0.3, -0.25) is 9.59 Å². The zero-order valence-corrected chi connectivity index (χ0v) is 9.31. The molecule has 16 heavy (non-hydrogen) atoms. The summed E-state index contributed by atoms with van der Waals surface area (Å²) in [4.78, 5) is 22.0. The normalized spacial score (nSPS) is 9.81. The molecular weight excluding hydrogens is 208 g/mol. The van der Waals surface area contributed by atoms with Crippen molar-refractivity contribution >= 4 is 11.9 Å². The number of aromatic nitrogens is 1. The van der Waals surface area contributed by atoms with Gasteiger partial charge in [0, 0.05) is 25.4 Å². The van der Waals surface area contributed by atoms with Crippen LogP contribution in [0.2, 0.25) is 0 Å². The van der Waals surface area contributed by atoms with E-state index in [2.05, 4.69) is 10.1 Å². The van der Waals surface area contributed by atoms with Crippen LogP contribution >= 0.6 is 0 Å². The maximum absolute atomic E-state index is 11.3. The predicted molar refractivity (Wildman–Crippen MR) is 58.7 cm³/mol. The Kier molecular flexibility index (Phi) is 5.11. The average Bonchev–Trinajstić information content (AvgIpc) is 2.79. The fourth-order valence-corrected chi connectivity index (χ4v) is 1.27. The summed E-state index contributed by atoms with van der Waals surface area (Å²) in [5.74, 6) is -0.559. The number of ether oxygens (including phenoxy) is 1. The lowest BCUT2D eigenvalue weighted by Gasteiger charge is -2.04. The van der Waals surface area contributed by atoms with Gasteiger partial charge >= 0.3 is 5.97 Å². The Morgan fingerprint density at radius 1 is 1.31 bits per heavy atom. The molecule has 1 rings (SSSR count). The number of hydrogen-bond acceptors (Lipinski definition) is 3. The summed E-state index contributed by atoms with van der Waals surface area (Å²) in [5.41, 5.74) is 0. The summed E-state index contributed by atoms with van der Waals surface area (Å²) in [6, 6.07) is 3.88. The molecule has 0 aromatic carbocycles. The number of aryl methyl sites for hydroxylation is 1. The first-order chi connectivity index (χ1) is 7.72. The zero-order chi connectivity index (χ0) is 11.8. The molecule has 0 aliphatic carbocycles. The van der Waals surface area contributed by atoms with E-state index in [-0.39, 0.29) is 12.5 Å². The Morgan fingerprint density at radius 3 is 2.62 bits per heavy atom. The summed E-state index contributed by atoms with van der Waals surface area (Å²) >= 11 is 0. The Labute approximate surface area is 94.4 Å². The predicted octanol–water partition coefficient (Wildman–Crippen LogP) is 0.557. The molecule has 1 amide bonds. The molecular formula is C11H16N2O3. The molecule has 0 saturated heterocycles. The molecule has 0 fully saturated rings. The van der Waals surface area contributed by atoms with Crippen LogP contribution in [0.4, 0.5) is 0 Å². The molecule has 0 atom stereocenters. The van der Waals surface area contributed by atoms with Crippen molar-refractivity contribution in [3.63, 3.8) is 0 Å². The molecule has 0 aliphatic rings. The molecule has 0 bridgehead atoms. The lowest BCUT2D eigenvalue weighted by Crippen LogP contribution is -2.30. The summed E-state index contributed by atoms with van der Waals surface area (Å²) in [5, 5.41) is 2.49. The Bertz CT molecular complexity index is 333. The number of methoxy groups -OCH3 is 1. The van der Waals surface area contributed by atoms with E-state index < -0.39 is 5.97 Å². The van der Waals surface area contributed by atoms with E-state index in [0.717, 1.165) is 13.0 Å². The molecule has 0 aliphatic heterocycles. The second-order valence-electron chi connectivity index (χ2n) is 3.38. The minimum Gasteiger partial charge on any atom is -0.468 e. The zero-order valence-electron chi connectivity index (χ0n) is 9.31. The van der Waals surface area contributed by atoms with Gasteiger partial charge in [0.05, 0.1) is 7.11 Å². The fourth-order valence-electron chi connectivity index (χ4n) is 1.27. The van der Waals surface area contributed by atoms with Crippen LogP contribution in [0.5, 0.6) is 0 Å². The third-order valence-corrected chi connectivity index (χ3v) is 2.14. The van der Waals surface area contributed by atoms with E-state index in [1.165, 1.54) is 7.11 Å². The fraction of sp³-hybridized carbons (Fsp3) is 0.455. The van der Waals surface area contributed by atoms with E-state index in [9.17, 15) is 9.59 Å². The molecule has 0 radical (unpaired) electrons. The lowest BCUT2D eigenvalue weighted by atomic mass is 10.3. The molecule has 1 aromatic heterocycles. The largest absolute Gasteiger partial charge is 0.468 e. The standard InChI is InChI=1S/C11H16N2O3/c1-16-11(15)9-12-10(14)5-4-8-13-6-2-3-7-13/h2-3,6-7H,4-5,8-9H2,1H3,(H,12,14). The summed E-state index contributed by atoms with van der Waals surface area (Å²) in [6.07, 6.45) is 5.07. The minimum atomic E-state index is -0.432. The van der Waals surface area contributed by atoms with Gasteiger partial charge in [-0.25, -0.2) is 0 Å². The highest BCUT2D eigenvalue weighted by atomic mass is 16.5. The third-order valence-electron chi connectivity index (χ3n) is 2.14. The van der Waals surface area contributed by atoms with Crippen molar-refractivity contribution in [3.05, 3.63) is 24.5 Å². The van der Waals surface area contributed by atoms with Crippen LogP contribution in [0.1, 0.15) is 12.8 Å². The number of nitrogens with zero attached hydrogens (tertiary/aromatic N) is 1. The van der Waals surface area contributed by atoms with Gasteiger partial charge < -0.3 is 14.6 Å². The van der Waals surface area contributed by atoms with E-state index in [1.54, 1.807) is 0 Å². The van der Waals surface area contributed by atoms with Crippen LogP contribution in [0, 0.1) is 0 Å². The molecule has 0 saturated carbocycles. The first-order valence-electron chi connectivity index (χ1n) is 5.16. The minimum absolute atomic E-state index is 0.0567. The van der Waals surface area contributed by atoms with Crippen molar-refractivity contribution in [1.29, 1.82) is 0 Å². The van der Waals surface area contributed by atoms with E-state index in [0.29, 0.717) is 6.42 Å². The van der Waals surface area contributed by atoms with Gasteiger partial charge in [0.15, 0.2) is 0 Å². The maximum Gasteiger partial charge on any atom is 0.325 e. The van der Waals surface area contributed by atoms with Crippen molar-refractivity contribution in [2.75, 3.05) is 13.7 Å². The molecule has 1 heterocycles. The van der Waals surface area contributed by atoms with Crippen LogP contribution < -0.4 is 5.32 Å². The molecule has 1 aromatic rings. The van der Waals surface area contributed by atoms with Crippen LogP contribution in [0.15, 0.2) is 24.5 Å². The number of carbonyl (C=O) groups is 2. The van der Waals surface area contributed by atoms with Crippen molar-refractivity contribution in [1.82, 2.24) is 9.88 Å². The average molecular weight is 224 g/mol. The van der Waals surface area contributed by atoms with Crippen LogP contribution in [0.25, 0.3) is 0 Å². The summed E-state index contributed by atoms with van der Waals surface area (Å²) in [6.45, 7) is 0.748. The van der Waals surface area contributed by atoms with Gasteiger partial charge in [0.1, 0.15) is 6.54 Å². The smallest absolute Gasteiger partial charge is 0.325 e. The highest BCUT2D eigenvalue weighted by molar-refractivity contribution is 5.81. The van der Waals surface area contributed by atoms with Crippen molar-refractivity contribution in [2.24, 2.45) is 0 Å². The number of rotatable bonds is 6. The Hall–Kier alpha value is -1.78. The summed E-state index contributed by atoms with van der Waals surface area (Å²) in [7, 11) is 1.29. The Balaban J connectivity index is 2.09. The van der Waals surface area contributed by atoms with Gasteiger partial charge in [0.2, 0.25) is 5.91 Å². The van der Waals surface area contributed by atoms with Crippen molar-refractivity contribution in [2.45, 2.75) is 19.4 Å². The monoisotopic (exact) mass is 224 g/mol. The lowest BCUT2D eigenvalue weighted by molar-refractivity contribution is -0.141. The topological polar surface area (TPSA) is 60.3 Å². The van der Waals surface area contributed by atoms with Gasteiger partial charge in [0.25, 0.3) is 0 Å². The number of hydrogen-bond donors (Lipinski definition) is 1. The van der Waals surface area contributed by atoms with Gasteiger partial charge in [-0.2, -0.15) is 0 Å². The van der Waals surface area contributed by atoms with Crippen molar-refractivity contribution in [3.8, 4) is 0 Å². The van der Waals surface area contributed by atoms with Crippen LogP contribution in [0.3, 0.4) is 0 Å². The molecule has 5 heteroatoms. The highest BCUT2D eigenvalue weighted by Crippen LogP contribution is 1.96. The number of amides is 1. The summed E-state index contributed by atoms with van der Waals surface area (Å²) < 4.78 is 6.41. The molecule has 5 nitrogen and oxygen atoms in total. The SMILES string of the molecule is COC(=O)CNC(=O)CCCn1cccc1. The second kappa shape index (κ2) is 6.66. The van der Waals surface area contributed by atoms with E-state index in [1.807, 2.05) is 29.1 Å². The van der Waals surface area contributed by atoms with Gasteiger partial charge in [-0.1, -0.05) is 0 Å². The van der Waals surface area contributed by atoms with E-state index >= 15 is 0 Å². The molecule has 0 unspecified atom stereocenters. The maximum atomic E-state index is 11.3. The van der Waals surface area contributed by atoms with Crippen LogP contribution in [-0.4, -0.2) is 30.1 Å². The van der Waals surface area contributed by atoms with Gasteiger partial charge in [-0.15, -0.1) is 0 Å². The van der Waals surface area contributed by atoms with E-state index in [4.69, 9.17) is 0 Å². The third kappa shape index (κ3) is 4.63. The molecule has 1 N–H and O–H groups in total. The first-order valence-corrected chi connectivity index (χ1v) is 5.16. The highest BCUT2D eigenvalue weighted by Gasteiger charge is 2.04. The number of esters is 1. The van der Waals surface area contributed by atoms with Gasteiger partial charge in [-0.05, 0) is 18.6 Å². The number of carbonyl (C=O) groups excluding carboxylic acids is 2. The number of nitrogens with one attached hydrogen (secondary N) is 1. The molecule has 88 valence electrons. The second-order valence-corrected chi connectivity index (χ2v) is 3.38. The quantitative estimate of drug-likeness (QED) is 0.718. The molecule has 0 spiro atoms. The van der Waals surface area contributed by atoms with Crippen molar-refractivity contribution < 1.29 is 14.3 Å². The Morgan fingerprint density at radius 2 is 2.00 bits per heavy atom.